The van der Waals surface area contributed by atoms with Gasteiger partial charge < -0.3 is 15.1 Å². The van der Waals surface area contributed by atoms with E-state index in [1.165, 1.54) is 9.96 Å². The number of nitrogens with zero attached hydrogens (tertiary/aromatic N) is 3. The first-order valence-corrected chi connectivity index (χ1v) is 15.4. The number of carbonyl (C=O) groups excluding carboxylic acids is 3. The van der Waals surface area contributed by atoms with Crippen molar-refractivity contribution >= 4 is 17.8 Å². The molecule has 1 atom stereocenters. The van der Waals surface area contributed by atoms with E-state index in [4.69, 9.17) is 4.84 Å². The summed E-state index contributed by atoms with van der Waals surface area (Å²) in [5.41, 5.74) is 3.16. The fourth-order valence-electron chi connectivity index (χ4n) is 6.01. The van der Waals surface area contributed by atoms with E-state index in [1.54, 1.807) is 0 Å². The van der Waals surface area contributed by atoms with Crippen LogP contribution in [-0.2, 0) is 4.79 Å². The largest absolute Gasteiger partial charge is 0.374 e. The summed E-state index contributed by atoms with van der Waals surface area (Å²) in [7, 11) is 0. The Hall–Kier alpha value is -3.39. The summed E-state index contributed by atoms with van der Waals surface area (Å²) in [6, 6.07) is 13.0. The highest BCUT2D eigenvalue weighted by atomic mass is 16.7. The number of hydrogen-bond donors (Lipinski definition) is 1. The Bertz CT molecular complexity index is 1260. The van der Waals surface area contributed by atoms with Crippen molar-refractivity contribution in [3.05, 3.63) is 64.7 Å². The number of likely N-dealkylation sites (tertiary alicyclic amines) is 1. The molecule has 1 aliphatic carbocycles. The van der Waals surface area contributed by atoms with Crippen molar-refractivity contribution < 1.29 is 19.2 Å². The standard InChI is InChI=1S/C33H44N4O4/c1-5-8-28(25-11-9-23(4)10-12-25)37(32(40)36-22-33(6-2,7-3)31(36)39)41-29-16-15-26(24-13-14-24)21-27(29)30(38)35-19-17-34-18-20-35/h9-12,15-16,21,24,28,34H,5-8,13-14,17-20,22H2,1-4H3. The second kappa shape index (κ2) is 12.2. The Kier molecular flexibility index (Phi) is 8.68. The molecule has 2 aliphatic heterocycles. The van der Waals surface area contributed by atoms with Crippen LogP contribution in [0.5, 0.6) is 5.75 Å². The van der Waals surface area contributed by atoms with Crippen LogP contribution >= 0.6 is 0 Å². The predicted molar refractivity (Wildman–Crippen MR) is 159 cm³/mol. The van der Waals surface area contributed by atoms with Crippen LogP contribution in [-0.4, -0.2) is 65.4 Å². The molecule has 2 aromatic rings. The van der Waals surface area contributed by atoms with Crippen molar-refractivity contribution in [1.29, 1.82) is 0 Å². The second-order valence-electron chi connectivity index (χ2n) is 11.9. The van der Waals surface area contributed by atoms with Gasteiger partial charge in [-0.1, -0.05) is 63.1 Å². The molecule has 1 saturated carbocycles. The van der Waals surface area contributed by atoms with Gasteiger partial charge in [0, 0.05) is 32.7 Å². The molecule has 0 spiro atoms. The van der Waals surface area contributed by atoms with Gasteiger partial charge >= 0.3 is 6.03 Å². The molecule has 1 N–H and O–H groups in total. The van der Waals surface area contributed by atoms with E-state index in [2.05, 4.69) is 12.2 Å². The maximum absolute atomic E-state index is 14.2. The number of β-lactam (4-membered cyclic amide) rings is 1. The molecule has 41 heavy (non-hydrogen) atoms. The molecule has 2 aromatic carbocycles. The number of hydroxylamine groups is 2. The number of amides is 4. The number of piperazine rings is 1. The van der Waals surface area contributed by atoms with E-state index in [0.717, 1.165) is 49.0 Å². The van der Waals surface area contributed by atoms with Crippen molar-refractivity contribution in [3.8, 4) is 5.75 Å². The Morgan fingerprint density at radius 1 is 1.05 bits per heavy atom. The van der Waals surface area contributed by atoms with E-state index in [1.807, 2.05) is 68.1 Å². The molecular formula is C33H44N4O4. The molecule has 8 heteroatoms. The normalized spacial score (nSPS) is 19.0. The Morgan fingerprint density at radius 2 is 1.73 bits per heavy atom. The first-order valence-electron chi connectivity index (χ1n) is 15.4. The molecule has 2 heterocycles. The smallest absolute Gasteiger partial charge is 0.360 e. The summed E-state index contributed by atoms with van der Waals surface area (Å²) in [4.78, 5) is 51.1. The van der Waals surface area contributed by atoms with Gasteiger partial charge in [0.1, 0.15) is 0 Å². The van der Waals surface area contributed by atoms with Gasteiger partial charge in [-0.15, -0.1) is 5.06 Å². The molecule has 5 rings (SSSR count). The highest BCUT2D eigenvalue weighted by Crippen LogP contribution is 2.43. The lowest BCUT2D eigenvalue weighted by molar-refractivity contribution is -0.160. The summed E-state index contributed by atoms with van der Waals surface area (Å²) in [6.07, 6.45) is 5.06. The van der Waals surface area contributed by atoms with E-state index >= 15 is 0 Å². The number of rotatable bonds is 10. The predicted octanol–water partition coefficient (Wildman–Crippen LogP) is 5.82. The van der Waals surface area contributed by atoms with E-state index in [0.29, 0.717) is 56.1 Å². The van der Waals surface area contributed by atoms with Crippen LogP contribution in [0.3, 0.4) is 0 Å². The van der Waals surface area contributed by atoms with Gasteiger partial charge in [-0.3, -0.25) is 14.5 Å². The SMILES string of the molecule is CCCC(c1ccc(C)cc1)N(Oc1ccc(C2CC2)cc1C(=O)N1CCNCC1)C(=O)N1CC(CC)(CC)C1=O. The fourth-order valence-corrected chi connectivity index (χ4v) is 6.01. The third kappa shape index (κ3) is 5.85. The van der Waals surface area contributed by atoms with Gasteiger partial charge in [0.15, 0.2) is 5.75 Å². The quantitative estimate of drug-likeness (QED) is 0.292. The zero-order chi connectivity index (χ0) is 29.1. The third-order valence-corrected chi connectivity index (χ3v) is 9.12. The van der Waals surface area contributed by atoms with E-state index in [9.17, 15) is 14.4 Å². The molecule has 3 fully saturated rings. The number of benzene rings is 2. The Balaban J connectivity index is 1.53. The molecule has 0 radical (unpaired) electrons. The first-order chi connectivity index (χ1) is 19.8. The van der Waals surface area contributed by atoms with Crippen molar-refractivity contribution in [2.75, 3.05) is 32.7 Å². The minimum atomic E-state index is -0.499. The van der Waals surface area contributed by atoms with Crippen LogP contribution in [0.2, 0.25) is 0 Å². The molecule has 220 valence electrons. The molecule has 1 unspecified atom stereocenters. The summed E-state index contributed by atoms with van der Waals surface area (Å²) < 4.78 is 0. The lowest BCUT2D eigenvalue weighted by Gasteiger charge is -2.48. The Morgan fingerprint density at radius 3 is 2.32 bits per heavy atom. The van der Waals surface area contributed by atoms with Crippen molar-refractivity contribution in [2.45, 2.75) is 78.2 Å². The van der Waals surface area contributed by atoms with Crippen molar-refractivity contribution in [2.24, 2.45) is 5.41 Å². The Labute approximate surface area is 244 Å². The van der Waals surface area contributed by atoms with Crippen LogP contribution < -0.4 is 10.2 Å². The summed E-state index contributed by atoms with van der Waals surface area (Å²) in [5, 5.41) is 4.67. The number of nitrogens with one attached hydrogen (secondary N) is 1. The molecule has 4 amide bonds. The second-order valence-corrected chi connectivity index (χ2v) is 11.9. The third-order valence-electron chi connectivity index (χ3n) is 9.12. The minimum absolute atomic E-state index is 0.0882. The van der Waals surface area contributed by atoms with Gasteiger partial charge in [0.25, 0.3) is 5.91 Å². The van der Waals surface area contributed by atoms with E-state index < -0.39 is 17.5 Å². The van der Waals surface area contributed by atoms with Gasteiger partial charge in [-0.25, -0.2) is 4.79 Å². The van der Waals surface area contributed by atoms with Crippen molar-refractivity contribution in [1.82, 2.24) is 20.2 Å². The number of imide groups is 1. The van der Waals surface area contributed by atoms with Gasteiger partial charge in [-0.2, -0.15) is 0 Å². The maximum Gasteiger partial charge on any atom is 0.360 e. The van der Waals surface area contributed by atoms with Crippen LogP contribution in [0.25, 0.3) is 0 Å². The monoisotopic (exact) mass is 560 g/mol. The molecule has 8 nitrogen and oxygen atoms in total. The lowest BCUT2D eigenvalue weighted by atomic mass is 9.74. The number of urea groups is 1. The van der Waals surface area contributed by atoms with Gasteiger partial charge in [0.05, 0.1) is 17.0 Å². The fraction of sp³-hybridized carbons (Fsp3) is 0.545. The maximum atomic E-state index is 14.2. The average molecular weight is 561 g/mol. The summed E-state index contributed by atoms with van der Waals surface area (Å²) in [6.45, 7) is 11.2. The number of aryl methyl sites for hydroxylation is 1. The van der Waals surface area contributed by atoms with Crippen LogP contribution in [0.15, 0.2) is 42.5 Å². The zero-order valence-electron chi connectivity index (χ0n) is 24.9. The molecule has 2 saturated heterocycles. The highest BCUT2D eigenvalue weighted by molar-refractivity contribution is 6.02. The van der Waals surface area contributed by atoms with Gasteiger partial charge in [0.2, 0.25) is 5.91 Å². The number of hydrogen-bond acceptors (Lipinski definition) is 5. The van der Waals surface area contributed by atoms with Crippen LogP contribution in [0.4, 0.5) is 4.79 Å². The number of carbonyl (C=O) groups is 3. The van der Waals surface area contributed by atoms with Crippen molar-refractivity contribution in [3.63, 3.8) is 0 Å². The topological polar surface area (TPSA) is 82.2 Å². The molecule has 0 aromatic heterocycles. The lowest BCUT2D eigenvalue weighted by Crippen LogP contribution is -2.65. The van der Waals surface area contributed by atoms with Crippen LogP contribution in [0.1, 0.15) is 98.3 Å². The highest BCUT2D eigenvalue weighted by Gasteiger charge is 2.54. The van der Waals surface area contributed by atoms with Crippen LogP contribution in [0, 0.1) is 12.3 Å². The molecule has 3 aliphatic rings. The van der Waals surface area contributed by atoms with E-state index in [-0.39, 0.29) is 11.8 Å². The average Bonchev–Trinajstić information content (AvgIpc) is 3.85. The minimum Gasteiger partial charge on any atom is -0.374 e. The summed E-state index contributed by atoms with van der Waals surface area (Å²) >= 11 is 0. The molecular weight excluding hydrogens is 516 g/mol. The zero-order valence-corrected chi connectivity index (χ0v) is 24.9. The van der Waals surface area contributed by atoms with Gasteiger partial charge in [-0.05, 0) is 68.2 Å². The summed E-state index contributed by atoms with van der Waals surface area (Å²) in [5.74, 6) is 0.577. The first kappa shape index (κ1) is 29.1. The molecule has 0 bridgehead atoms.